The predicted octanol–water partition coefficient (Wildman–Crippen LogP) is 5.19. The third-order valence-corrected chi connectivity index (χ3v) is 6.20. The van der Waals surface area contributed by atoms with Crippen molar-refractivity contribution in [1.29, 1.82) is 5.26 Å². The molecule has 0 saturated carbocycles. The van der Waals surface area contributed by atoms with Gasteiger partial charge in [-0.05, 0) is 55.0 Å². The number of aromatic nitrogens is 1. The zero-order chi connectivity index (χ0) is 19.7. The first-order valence-electron chi connectivity index (χ1n) is 9.07. The Morgan fingerprint density at radius 1 is 1.36 bits per heavy atom. The summed E-state index contributed by atoms with van der Waals surface area (Å²) in [5.74, 6) is 0.647. The SMILES string of the molecule is CC1CCc2c(sc(/N=C/c3cccn3-c3ccc([N+](=O)[O-])cc3)c2C#N)C1. The molecular weight excluding hydrogens is 372 g/mol. The zero-order valence-electron chi connectivity index (χ0n) is 15.3. The highest BCUT2D eigenvalue weighted by Gasteiger charge is 2.23. The van der Waals surface area contributed by atoms with Gasteiger partial charge in [0.05, 0.1) is 22.4 Å². The van der Waals surface area contributed by atoms with E-state index in [2.05, 4.69) is 18.0 Å². The minimum absolute atomic E-state index is 0.0585. The molecule has 0 amide bonds. The van der Waals surface area contributed by atoms with E-state index in [9.17, 15) is 15.4 Å². The van der Waals surface area contributed by atoms with Crippen molar-refractivity contribution in [1.82, 2.24) is 4.57 Å². The largest absolute Gasteiger partial charge is 0.316 e. The van der Waals surface area contributed by atoms with Crippen LogP contribution in [0, 0.1) is 27.4 Å². The Morgan fingerprint density at radius 3 is 2.86 bits per heavy atom. The van der Waals surface area contributed by atoms with E-state index >= 15 is 0 Å². The molecule has 7 heteroatoms. The van der Waals surface area contributed by atoms with Crippen molar-refractivity contribution in [3.63, 3.8) is 0 Å². The standard InChI is InChI=1S/C21H18N4O2S/c1-14-4-9-18-19(12-22)21(28-20(18)11-14)23-13-17-3-2-10-24(17)15-5-7-16(8-6-15)25(26)27/h2-3,5-8,10,13-14H,4,9,11H2,1H3/b23-13+. The molecule has 0 radical (unpaired) electrons. The van der Waals surface area contributed by atoms with Gasteiger partial charge in [-0.15, -0.1) is 11.3 Å². The van der Waals surface area contributed by atoms with Crippen molar-refractivity contribution in [3.05, 3.63) is 74.4 Å². The molecule has 3 aromatic rings. The Bertz CT molecular complexity index is 1100. The second-order valence-corrected chi connectivity index (χ2v) is 8.06. The van der Waals surface area contributed by atoms with E-state index in [-0.39, 0.29) is 5.69 Å². The van der Waals surface area contributed by atoms with E-state index in [1.807, 2.05) is 22.9 Å². The summed E-state index contributed by atoms with van der Waals surface area (Å²) in [6.45, 7) is 2.24. The number of non-ortho nitro benzene ring substituents is 1. The Hall–Kier alpha value is -3.24. The van der Waals surface area contributed by atoms with Gasteiger partial charge in [-0.2, -0.15) is 5.26 Å². The number of hydrogen-bond acceptors (Lipinski definition) is 5. The predicted molar refractivity (Wildman–Crippen MR) is 110 cm³/mol. The molecule has 1 aliphatic carbocycles. The Balaban J connectivity index is 1.65. The van der Waals surface area contributed by atoms with Crippen LogP contribution in [-0.4, -0.2) is 15.7 Å². The highest BCUT2D eigenvalue weighted by molar-refractivity contribution is 7.16. The average molecular weight is 390 g/mol. The van der Waals surface area contributed by atoms with Gasteiger partial charge in [-0.25, -0.2) is 4.99 Å². The number of nitrogens with zero attached hydrogens (tertiary/aromatic N) is 4. The second-order valence-electron chi connectivity index (χ2n) is 6.98. The van der Waals surface area contributed by atoms with E-state index in [0.29, 0.717) is 11.5 Å². The number of hydrogen-bond donors (Lipinski definition) is 0. The highest BCUT2D eigenvalue weighted by atomic mass is 32.1. The van der Waals surface area contributed by atoms with Gasteiger partial charge in [-0.3, -0.25) is 10.1 Å². The van der Waals surface area contributed by atoms with E-state index in [1.165, 1.54) is 22.6 Å². The molecule has 2 aromatic heterocycles. The van der Waals surface area contributed by atoms with Crippen LogP contribution in [0.2, 0.25) is 0 Å². The van der Waals surface area contributed by atoms with E-state index in [0.717, 1.165) is 35.6 Å². The summed E-state index contributed by atoms with van der Waals surface area (Å²) in [4.78, 5) is 16.3. The number of rotatable bonds is 4. The number of nitro benzene ring substituents is 1. The molecule has 0 saturated heterocycles. The number of nitro groups is 1. The minimum atomic E-state index is -0.412. The molecule has 6 nitrogen and oxygen atoms in total. The normalized spacial score (nSPS) is 16.1. The second kappa shape index (κ2) is 7.41. The van der Waals surface area contributed by atoms with Crippen LogP contribution in [-0.2, 0) is 12.8 Å². The van der Waals surface area contributed by atoms with Crippen molar-refractivity contribution in [2.45, 2.75) is 26.2 Å². The summed E-state index contributed by atoms with van der Waals surface area (Å²) in [6.07, 6.45) is 6.72. The van der Waals surface area contributed by atoms with E-state index in [4.69, 9.17) is 0 Å². The van der Waals surface area contributed by atoms with Gasteiger partial charge in [0.25, 0.3) is 5.69 Å². The van der Waals surface area contributed by atoms with Crippen LogP contribution in [0.5, 0.6) is 0 Å². The van der Waals surface area contributed by atoms with E-state index in [1.54, 1.807) is 29.7 Å². The first kappa shape index (κ1) is 18.1. The van der Waals surface area contributed by atoms with Crippen molar-refractivity contribution < 1.29 is 4.92 Å². The number of aliphatic imine (C=N–C) groups is 1. The summed E-state index contributed by atoms with van der Waals surface area (Å²) in [5.41, 5.74) is 3.60. The lowest BCUT2D eigenvalue weighted by atomic mass is 9.89. The number of nitriles is 1. The molecule has 1 aromatic carbocycles. The fraction of sp³-hybridized carbons (Fsp3) is 0.238. The van der Waals surface area contributed by atoms with Gasteiger partial charge in [-0.1, -0.05) is 6.92 Å². The fourth-order valence-corrected chi connectivity index (χ4v) is 4.84. The third-order valence-electron chi connectivity index (χ3n) is 5.04. The molecule has 2 heterocycles. The Kier molecular flexibility index (Phi) is 4.80. The maximum absolute atomic E-state index is 10.8. The third kappa shape index (κ3) is 3.35. The lowest BCUT2D eigenvalue weighted by Gasteiger charge is -2.17. The fourth-order valence-electron chi connectivity index (χ4n) is 3.54. The first-order chi connectivity index (χ1) is 13.6. The van der Waals surface area contributed by atoms with Crippen molar-refractivity contribution in [2.24, 2.45) is 10.9 Å². The lowest BCUT2D eigenvalue weighted by Crippen LogP contribution is -2.09. The molecule has 4 rings (SSSR count). The molecule has 140 valence electrons. The van der Waals surface area contributed by atoms with Crippen LogP contribution < -0.4 is 0 Å². The maximum atomic E-state index is 10.8. The topological polar surface area (TPSA) is 84.2 Å². The maximum Gasteiger partial charge on any atom is 0.269 e. The first-order valence-corrected chi connectivity index (χ1v) is 9.89. The molecule has 1 unspecified atom stereocenters. The van der Waals surface area contributed by atoms with Crippen LogP contribution in [0.4, 0.5) is 10.7 Å². The van der Waals surface area contributed by atoms with E-state index < -0.39 is 4.92 Å². The van der Waals surface area contributed by atoms with Gasteiger partial charge >= 0.3 is 0 Å². The van der Waals surface area contributed by atoms with Crippen LogP contribution >= 0.6 is 11.3 Å². The van der Waals surface area contributed by atoms with Gasteiger partial charge in [0.2, 0.25) is 0 Å². The molecule has 0 N–H and O–H groups in total. The Labute approximate surface area is 166 Å². The molecule has 0 aliphatic heterocycles. The molecule has 1 aliphatic rings. The summed E-state index contributed by atoms with van der Waals surface area (Å²) >= 11 is 1.61. The summed E-state index contributed by atoms with van der Waals surface area (Å²) < 4.78 is 1.91. The molecule has 0 spiro atoms. The summed E-state index contributed by atoms with van der Waals surface area (Å²) in [6, 6.07) is 12.5. The van der Waals surface area contributed by atoms with Crippen molar-refractivity contribution >= 4 is 28.2 Å². The zero-order valence-corrected chi connectivity index (χ0v) is 16.1. The van der Waals surface area contributed by atoms with Gasteiger partial charge in [0.1, 0.15) is 11.1 Å². The monoisotopic (exact) mass is 390 g/mol. The molecule has 1 atom stereocenters. The van der Waals surface area contributed by atoms with Crippen LogP contribution in [0.1, 0.15) is 35.0 Å². The lowest BCUT2D eigenvalue weighted by molar-refractivity contribution is -0.384. The van der Waals surface area contributed by atoms with Gasteiger partial charge < -0.3 is 4.57 Å². The van der Waals surface area contributed by atoms with Crippen LogP contribution in [0.15, 0.2) is 47.6 Å². The Morgan fingerprint density at radius 2 is 2.14 bits per heavy atom. The number of thiophene rings is 1. The molecule has 0 bridgehead atoms. The highest BCUT2D eigenvalue weighted by Crippen LogP contribution is 2.40. The number of fused-ring (bicyclic) bond motifs is 1. The smallest absolute Gasteiger partial charge is 0.269 e. The van der Waals surface area contributed by atoms with Gasteiger partial charge in [0.15, 0.2) is 0 Å². The molecule has 28 heavy (non-hydrogen) atoms. The van der Waals surface area contributed by atoms with Crippen molar-refractivity contribution in [2.75, 3.05) is 0 Å². The molecular formula is C21H18N4O2S. The minimum Gasteiger partial charge on any atom is -0.316 e. The average Bonchev–Trinajstić information content (AvgIpc) is 3.29. The van der Waals surface area contributed by atoms with Crippen LogP contribution in [0.25, 0.3) is 5.69 Å². The van der Waals surface area contributed by atoms with Crippen LogP contribution in [0.3, 0.4) is 0 Å². The van der Waals surface area contributed by atoms with Gasteiger partial charge in [0, 0.05) is 28.9 Å². The molecule has 0 fully saturated rings. The quantitative estimate of drug-likeness (QED) is 0.349. The summed E-state index contributed by atoms with van der Waals surface area (Å²) in [5, 5.41) is 21.2. The summed E-state index contributed by atoms with van der Waals surface area (Å²) in [7, 11) is 0. The van der Waals surface area contributed by atoms with Crippen molar-refractivity contribution in [3.8, 4) is 11.8 Å². The number of benzene rings is 1.